The van der Waals surface area contributed by atoms with Gasteiger partial charge in [-0.3, -0.25) is 4.79 Å². The van der Waals surface area contributed by atoms with Gasteiger partial charge in [0.1, 0.15) is 11.2 Å². The van der Waals surface area contributed by atoms with Crippen molar-refractivity contribution in [1.29, 1.82) is 5.26 Å². The molecule has 0 atom stereocenters. The van der Waals surface area contributed by atoms with Gasteiger partial charge < -0.3 is 15.0 Å². The van der Waals surface area contributed by atoms with Crippen LogP contribution in [0.25, 0.3) is 0 Å². The van der Waals surface area contributed by atoms with Crippen LogP contribution in [0, 0.1) is 16.7 Å². The molecule has 5 heteroatoms. The number of hydrogen-bond donors (Lipinski definition) is 1. The lowest BCUT2D eigenvalue weighted by Crippen LogP contribution is -2.49. The standard InChI is InChI=1S/C20H27N3O2/c1-25-18-7-5-6-17(14-18)22-16-8-12-23(13-9-16)19(24)20(15-21)10-3-2-4-11-20/h5-7,14,16,22H,2-4,8-13H2,1H3. The van der Waals surface area contributed by atoms with Crippen LogP contribution in [-0.4, -0.2) is 37.0 Å². The molecule has 1 saturated heterocycles. The van der Waals surface area contributed by atoms with Crippen molar-refractivity contribution in [3.05, 3.63) is 24.3 Å². The molecule has 134 valence electrons. The van der Waals surface area contributed by atoms with Crippen LogP contribution in [0.1, 0.15) is 44.9 Å². The molecule has 1 aliphatic carbocycles. The van der Waals surface area contributed by atoms with Gasteiger partial charge in [0, 0.05) is 30.9 Å². The number of ether oxygens (including phenoxy) is 1. The van der Waals surface area contributed by atoms with Crippen molar-refractivity contribution in [2.45, 2.75) is 51.0 Å². The highest BCUT2D eigenvalue weighted by molar-refractivity contribution is 5.85. The van der Waals surface area contributed by atoms with Crippen LogP contribution < -0.4 is 10.1 Å². The van der Waals surface area contributed by atoms with E-state index in [1.165, 1.54) is 0 Å². The van der Waals surface area contributed by atoms with Crippen LogP contribution >= 0.6 is 0 Å². The molecule has 5 nitrogen and oxygen atoms in total. The minimum absolute atomic E-state index is 0.0644. The summed E-state index contributed by atoms with van der Waals surface area (Å²) in [5, 5.41) is 13.2. The Hall–Kier alpha value is -2.22. The molecule has 1 aromatic rings. The van der Waals surface area contributed by atoms with E-state index in [4.69, 9.17) is 4.74 Å². The number of rotatable bonds is 4. The molecule has 0 bridgehead atoms. The van der Waals surface area contributed by atoms with Crippen molar-refractivity contribution in [2.24, 2.45) is 5.41 Å². The first-order chi connectivity index (χ1) is 12.2. The van der Waals surface area contributed by atoms with Gasteiger partial charge in [0.2, 0.25) is 5.91 Å². The Kier molecular flexibility index (Phi) is 5.47. The number of carbonyl (C=O) groups excluding carboxylic acids is 1. The molecule has 1 N–H and O–H groups in total. The maximum atomic E-state index is 12.9. The van der Waals surface area contributed by atoms with Crippen LogP contribution in [0.5, 0.6) is 5.75 Å². The Morgan fingerprint density at radius 3 is 2.64 bits per heavy atom. The molecular weight excluding hydrogens is 314 g/mol. The molecule has 1 aromatic carbocycles. The zero-order valence-electron chi connectivity index (χ0n) is 15.0. The molecule has 0 aromatic heterocycles. The predicted molar refractivity (Wildman–Crippen MR) is 97.3 cm³/mol. The molecule has 2 aliphatic rings. The van der Waals surface area contributed by atoms with Crippen LogP contribution in [0.4, 0.5) is 5.69 Å². The maximum absolute atomic E-state index is 12.9. The Morgan fingerprint density at radius 1 is 1.28 bits per heavy atom. The highest BCUT2D eigenvalue weighted by Gasteiger charge is 2.43. The second-order valence-electron chi connectivity index (χ2n) is 7.20. The van der Waals surface area contributed by atoms with Crippen LogP contribution in [-0.2, 0) is 4.79 Å². The summed E-state index contributed by atoms with van der Waals surface area (Å²) in [6.45, 7) is 1.45. The SMILES string of the molecule is COc1cccc(NC2CCN(C(=O)C3(C#N)CCCCC3)CC2)c1. The lowest BCUT2D eigenvalue weighted by Gasteiger charge is -2.39. The number of methoxy groups -OCH3 is 1. The predicted octanol–water partition coefficient (Wildman–Crippen LogP) is 3.57. The molecule has 1 saturated carbocycles. The fourth-order valence-electron chi connectivity index (χ4n) is 4.01. The first kappa shape index (κ1) is 17.6. The number of amides is 1. The van der Waals surface area contributed by atoms with E-state index in [9.17, 15) is 10.1 Å². The Bertz CT molecular complexity index is 639. The van der Waals surface area contributed by atoms with Gasteiger partial charge in [0.25, 0.3) is 0 Å². The van der Waals surface area contributed by atoms with E-state index in [2.05, 4.69) is 11.4 Å². The molecule has 1 aliphatic heterocycles. The van der Waals surface area contributed by atoms with E-state index in [0.717, 1.165) is 69.5 Å². The van der Waals surface area contributed by atoms with Crippen molar-refractivity contribution in [2.75, 3.05) is 25.5 Å². The van der Waals surface area contributed by atoms with Crippen molar-refractivity contribution in [3.8, 4) is 11.8 Å². The van der Waals surface area contributed by atoms with E-state index >= 15 is 0 Å². The average Bonchev–Trinajstić information content (AvgIpc) is 2.68. The molecule has 0 spiro atoms. The summed E-state index contributed by atoms with van der Waals surface area (Å²) in [7, 11) is 1.67. The second kappa shape index (κ2) is 7.77. The third-order valence-electron chi connectivity index (χ3n) is 5.55. The number of anilines is 1. The van der Waals surface area contributed by atoms with E-state index < -0.39 is 5.41 Å². The van der Waals surface area contributed by atoms with Gasteiger partial charge in [-0.1, -0.05) is 25.3 Å². The first-order valence-corrected chi connectivity index (χ1v) is 9.28. The van der Waals surface area contributed by atoms with Crippen molar-refractivity contribution in [3.63, 3.8) is 0 Å². The van der Waals surface area contributed by atoms with Crippen molar-refractivity contribution in [1.82, 2.24) is 4.90 Å². The highest BCUT2D eigenvalue weighted by Crippen LogP contribution is 2.38. The van der Waals surface area contributed by atoms with Gasteiger partial charge in [-0.25, -0.2) is 0 Å². The van der Waals surface area contributed by atoms with E-state index in [1.807, 2.05) is 29.2 Å². The number of piperidine rings is 1. The average molecular weight is 341 g/mol. The number of hydrogen-bond acceptors (Lipinski definition) is 4. The third kappa shape index (κ3) is 3.89. The lowest BCUT2D eigenvalue weighted by atomic mass is 9.74. The number of benzene rings is 1. The van der Waals surface area contributed by atoms with Gasteiger partial charge in [-0.15, -0.1) is 0 Å². The van der Waals surface area contributed by atoms with E-state index in [-0.39, 0.29) is 5.91 Å². The van der Waals surface area contributed by atoms with Crippen molar-refractivity contribution < 1.29 is 9.53 Å². The molecule has 25 heavy (non-hydrogen) atoms. The summed E-state index contributed by atoms with van der Waals surface area (Å²) < 4.78 is 5.26. The van der Waals surface area contributed by atoms with E-state index in [0.29, 0.717) is 6.04 Å². The summed E-state index contributed by atoms with van der Waals surface area (Å²) in [5.74, 6) is 0.903. The van der Waals surface area contributed by atoms with Gasteiger partial charge in [0.05, 0.1) is 13.2 Å². The summed E-state index contributed by atoms with van der Waals surface area (Å²) in [5.41, 5.74) is 0.288. The molecule has 1 heterocycles. The summed E-state index contributed by atoms with van der Waals surface area (Å²) >= 11 is 0. The molecule has 3 rings (SSSR count). The first-order valence-electron chi connectivity index (χ1n) is 9.28. The molecule has 2 fully saturated rings. The Morgan fingerprint density at radius 2 is 2.00 bits per heavy atom. The zero-order valence-corrected chi connectivity index (χ0v) is 15.0. The third-order valence-corrected chi connectivity index (χ3v) is 5.55. The summed E-state index contributed by atoms with van der Waals surface area (Å²) in [6.07, 6.45) is 6.40. The van der Waals surface area contributed by atoms with Crippen LogP contribution in [0.15, 0.2) is 24.3 Å². The topological polar surface area (TPSA) is 65.4 Å². The van der Waals surface area contributed by atoms with E-state index in [1.54, 1.807) is 7.11 Å². The normalized spacial score (nSPS) is 20.6. The molecular formula is C20H27N3O2. The minimum Gasteiger partial charge on any atom is -0.497 e. The number of nitrogens with one attached hydrogen (secondary N) is 1. The number of carbonyl (C=O) groups is 1. The summed E-state index contributed by atoms with van der Waals surface area (Å²) in [6, 6.07) is 10.6. The van der Waals surface area contributed by atoms with Crippen LogP contribution in [0.2, 0.25) is 0 Å². The van der Waals surface area contributed by atoms with Gasteiger partial charge in [-0.05, 0) is 37.8 Å². The lowest BCUT2D eigenvalue weighted by molar-refractivity contribution is -0.141. The Labute approximate surface area is 150 Å². The second-order valence-corrected chi connectivity index (χ2v) is 7.20. The number of nitrogens with zero attached hydrogens (tertiary/aromatic N) is 2. The fourth-order valence-corrected chi connectivity index (χ4v) is 4.01. The fraction of sp³-hybridized carbons (Fsp3) is 0.600. The van der Waals surface area contributed by atoms with Crippen LogP contribution in [0.3, 0.4) is 0 Å². The number of likely N-dealkylation sites (tertiary alicyclic amines) is 1. The molecule has 0 unspecified atom stereocenters. The van der Waals surface area contributed by atoms with Gasteiger partial charge in [0.15, 0.2) is 0 Å². The Balaban J connectivity index is 1.56. The maximum Gasteiger partial charge on any atom is 0.243 e. The highest BCUT2D eigenvalue weighted by atomic mass is 16.5. The quantitative estimate of drug-likeness (QED) is 0.909. The minimum atomic E-state index is -0.759. The van der Waals surface area contributed by atoms with Gasteiger partial charge >= 0.3 is 0 Å². The smallest absolute Gasteiger partial charge is 0.243 e. The zero-order chi connectivity index (χ0) is 17.7. The molecule has 1 amide bonds. The monoisotopic (exact) mass is 341 g/mol. The largest absolute Gasteiger partial charge is 0.497 e. The number of nitriles is 1. The molecule has 0 radical (unpaired) electrons. The van der Waals surface area contributed by atoms with Crippen molar-refractivity contribution >= 4 is 11.6 Å². The summed E-state index contributed by atoms with van der Waals surface area (Å²) in [4.78, 5) is 14.8. The van der Waals surface area contributed by atoms with Gasteiger partial charge in [-0.2, -0.15) is 5.26 Å².